The topological polar surface area (TPSA) is 78.4 Å². The van der Waals surface area contributed by atoms with Crippen LogP contribution < -0.4 is 10.6 Å². The highest BCUT2D eigenvalue weighted by molar-refractivity contribution is 5.95. The first-order valence-corrected chi connectivity index (χ1v) is 6.36. The van der Waals surface area contributed by atoms with Gasteiger partial charge in [-0.2, -0.15) is 0 Å². The van der Waals surface area contributed by atoms with Crippen LogP contribution in [0.3, 0.4) is 0 Å². The van der Waals surface area contributed by atoms with Gasteiger partial charge in [0.25, 0.3) is 0 Å². The molecule has 1 unspecified atom stereocenters. The van der Waals surface area contributed by atoms with Crippen molar-refractivity contribution in [3.05, 3.63) is 29.8 Å². The van der Waals surface area contributed by atoms with Gasteiger partial charge in [0.1, 0.15) is 0 Å². The number of aliphatic hydroxyl groups excluding tert-OH is 1. The number of aliphatic hydroxyl groups is 1. The molecule has 0 radical (unpaired) electrons. The molecule has 0 spiro atoms. The van der Waals surface area contributed by atoms with Crippen molar-refractivity contribution in [2.24, 2.45) is 0 Å². The van der Waals surface area contributed by atoms with E-state index in [1.54, 1.807) is 24.3 Å². The average molecular weight is 264 g/mol. The number of hydrogen-bond acceptors (Lipinski definition) is 3. The quantitative estimate of drug-likeness (QED) is 0.689. The predicted octanol–water partition coefficient (Wildman–Crippen LogP) is 2.17. The molecule has 1 rings (SSSR count). The zero-order valence-corrected chi connectivity index (χ0v) is 11.3. The van der Waals surface area contributed by atoms with Gasteiger partial charge in [-0.15, -0.1) is 0 Å². The lowest BCUT2D eigenvalue weighted by Crippen LogP contribution is -2.31. The maximum absolute atomic E-state index is 11.5. The van der Waals surface area contributed by atoms with E-state index < -0.39 is 0 Å². The Morgan fingerprint density at radius 1 is 1.26 bits per heavy atom. The number of ketones is 1. The zero-order valence-electron chi connectivity index (χ0n) is 11.3. The van der Waals surface area contributed by atoms with Crippen LogP contribution in [0.5, 0.6) is 0 Å². The van der Waals surface area contributed by atoms with Gasteiger partial charge < -0.3 is 15.7 Å². The second-order valence-corrected chi connectivity index (χ2v) is 4.37. The number of nitrogens with one attached hydrogen (secondary N) is 2. The molecular formula is C14H20N2O3. The van der Waals surface area contributed by atoms with E-state index in [1.807, 2.05) is 6.92 Å². The van der Waals surface area contributed by atoms with Gasteiger partial charge in [0.15, 0.2) is 5.78 Å². The van der Waals surface area contributed by atoms with Gasteiger partial charge in [0, 0.05) is 17.8 Å². The minimum absolute atomic E-state index is 0.00967. The summed E-state index contributed by atoms with van der Waals surface area (Å²) >= 11 is 0. The first kappa shape index (κ1) is 15.2. The molecule has 0 aliphatic rings. The third kappa shape index (κ3) is 5.52. The van der Waals surface area contributed by atoms with Crippen LogP contribution in [0.4, 0.5) is 10.5 Å². The Balaban J connectivity index is 2.38. The van der Waals surface area contributed by atoms with Gasteiger partial charge in [0.05, 0.1) is 6.10 Å². The van der Waals surface area contributed by atoms with Crippen molar-refractivity contribution in [1.82, 2.24) is 5.32 Å². The van der Waals surface area contributed by atoms with E-state index in [0.29, 0.717) is 30.6 Å². The van der Waals surface area contributed by atoms with E-state index in [1.165, 1.54) is 6.92 Å². The van der Waals surface area contributed by atoms with Crippen LogP contribution in [0.2, 0.25) is 0 Å². The minimum Gasteiger partial charge on any atom is -0.393 e. The molecule has 0 bridgehead atoms. The van der Waals surface area contributed by atoms with Crippen molar-refractivity contribution in [3.8, 4) is 0 Å². The highest BCUT2D eigenvalue weighted by atomic mass is 16.3. The van der Waals surface area contributed by atoms with Crippen molar-refractivity contribution in [2.75, 3.05) is 11.9 Å². The maximum atomic E-state index is 11.5. The second kappa shape index (κ2) is 7.53. The van der Waals surface area contributed by atoms with E-state index in [9.17, 15) is 14.7 Å². The molecule has 0 aromatic heterocycles. The van der Waals surface area contributed by atoms with Crippen LogP contribution in [-0.2, 0) is 0 Å². The van der Waals surface area contributed by atoms with Gasteiger partial charge in [-0.05, 0) is 44.0 Å². The number of hydrogen-bond donors (Lipinski definition) is 3. The maximum Gasteiger partial charge on any atom is 0.319 e. The number of rotatable bonds is 6. The lowest BCUT2D eigenvalue weighted by Gasteiger charge is -2.10. The highest BCUT2D eigenvalue weighted by Crippen LogP contribution is 2.09. The standard InChI is InChI=1S/C14H20N2O3/c1-3-13(18)8-9-15-14(19)16-12-6-4-11(5-7-12)10(2)17/h4-7,13,18H,3,8-9H2,1-2H3,(H2,15,16,19). The fourth-order valence-electron chi connectivity index (χ4n) is 1.52. The first-order chi connectivity index (χ1) is 9.02. The van der Waals surface area contributed by atoms with Gasteiger partial charge >= 0.3 is 6.03 Å². The Kier molecular flexibility index (Phi) is 6.02. The van der Waals surface area contributed by atoms with E-state index in [-0.39, 0.29) is 17.9 Å². The molecule has 0 aliphatic carbocycles. The summed E-state index contributed by atoms with van der Waals surface area (Å²) in [6, 6.07) is 6.37. The second-order valence-electron chi connectivity index (χ2n) is 4.37. The molecule has 0 saturated carbocycles. The van der Waals surface area contributed by atoms with Crippen molar-refractivity contribution < 1.29 is 14.7 Å². The zero-order chi connectivity index (χ0) is 14.3. The van der Waals surface area contributed by atoms with Gasteiger partial charge in [-0.3, -0.25) is 4.79 Å². The Bertz CT molecular complexity index is 429. The molecular weight excluding hydrogens is 244 g/mol. The molecule has 1 atom stereocenters. The van der Waals surface area contributed by atoms with Crippen LogP contribution in [0, 0.1) is 0 Å². The number of anilines is 1. The number of amides is 2. The monoisotopic (exact) mass is 264 g/mol. The van der Waals surface area contributed by atoms with Gasteiger partial charge in [-0.1, -0.05) is 6.92 Å². The minimum atomic E-state index is -0.379. The van der Waals surface area contributed by atoms with Crippen molar-refractivity contribution in [2.45, 2.75) is 32.8 Å². The number of Topliss-reactive ketones (excluding diaryl/α,β-unsaturated/α-hetero) is 1. The Morgan fingerprint density at radius 2 is 1.89 bits per heavy atom. The van der Waals surface area contributed by atoms with Crippen molar-refractivity contribution >= 4 is 17.5 Å². The molecule has 0 fully saturated rings. The lowest BCUT2D eigenvalue weighted by molar-refractivity contribution is 0.101. The van der Waals surface area contributed by atoms with Crippen molar-refractivity contribution in [3.63, 3.8) is 0 Å². The number of benzene rings is 1. The summed E-state index contributed by atoms with van der Waals surface area (Å²) < 4.78 is 0. The Morgan fingerprint density at radius 3 is 2.42 bits per heavy atom. The van der Waals surface area contributed by atoms with Crippen molar-refractivity contribution in [1.29, 1.82) is 0 Å². The predicted molar refractivity (Wildman–Crippen MR) is 74.4 cm³/mol. The molecule has 0 saturated heterocycles. The normalized spacial score (nSPS) is 11.7. The molecule has 19 heavy (non-hydrogen) atoms. The number of carbonyl (C=O) groups is 2. The number of urea groups is 1. The van der Waals surface area contributed by atoms with E-state index >= 15 is 0 Å². The summed E-state index contributed by atoms with van der Waals surface area (Å²) in [5.41, 5.74) is 1.23. The van der Waals surface area contributed by atoms with Crippen LogP contribution in [0.25, 0.3) is 0 Å². The molecule has 5 heteroatoms. The molecule has 0 aliphatic heterocycles. The summed E-state index contributed by atoms with van der Waals surface area (Å²) in [6.07, 6.45) is 0.832. The fourth-order valence-corrected chi connectivity index (χ4v) is 1.52. The van der Waals surface area contributed by atoms with Crippen LogP contribution in [-0.4, -0.2) is 29.6 Å². The largest absolute Gasteiger partial charge is 0.393 e. The summed E-state index contributed by atoms with van der Waals surface area (Å²) in [6.45, 7) is 3.81. The fraction of sp³-hybridized carbons (Fsp3) is 0.429. The van der Waals surface area contributed by atoms with Gasteiger partial charge in [-0.25, -0.2) is 4.79 Å². The SMILES string of the molecule is CCC(O)CCNC(=O)Nc1ccc(C(C)=O)cc1. The van der Waals surface area contributed by atoms with Crippen LogP contribution in [0.15, 0.2) is 24.3 Å². The molecule has 3 N–H and O–H groups in total. The summed E-state index contributed by atoms with van der Waals surface area (Å²) in [7, 11) is 0. The van der Waals surface area contributed by atoms with Crippen LogP contribution >= 0.6 is 0 Å². The van der Waals surface area contributed by atoms with Gasteiger partial charge in [0.2, 0.25) is 0 Å². The highest BCUT2D eigenvalue weighted by Gasteiger charge is 2.04. The van der Waals surface area contributed by atoms with E-state index in [2.05, 4.69) is 10.6 Å². The average Bonchev–Trinajstić information content (AvgIpc) is 2.39. The molecule has 104 valence electrons. The van der Waals surface area contributed by atoms with Crippen LogP contribution in [0.1, 0.15) is 37.0 Å². The number of carbonyl (C=O) groups excluding carboxylic acids is 2. The molecule has 1 aromatic carbocycles. The molecule has 1 aromatic rings. The first-order valence-electron chi connectivity index (χ1n) is 6.36. The summed E-state index contributed by atoms with van der Waals surface area (Å²) in [5.74, 6) is -0.00967. The smallest absolute Gasteiger partial charge is 0.319 e. The third-order valence-electron chi connectivity index (χ3n) is 2.78. The molecule has 2 amide bonds. The molecule has 0 heterocycles. The Labute approximate surface area is 113 Å². The lowest BCUT2D eigenvalue weighted by atomic mass is 10.1. The van der Waals surface area contributed by atoms with E-state index in [4.69, 9.17) is 0 Å². The Hall–Kier alpha value is -1.88. The molecule has 5 nitrogen and oxygen atoms in total. The third-order valence-corrected chi connectivity index (χ3v) is 2.78. The summed E-state index contributed by atoms with van der Waals surface area (Å²) in [4.78, 5) is 22.6. The summed E-state index contributed by atoms with van der Waals surface area (Å²) in [5, 5.41) is 14.7. The van der Waals surface area contributed by atoms with E-state index in [0.717, 1.165) is 0 Å².